The number of carbonyl (C=O) groups is 1. The lowest BCUT2D eigenvalue weighted by atomic mass is 9.93. The van der Waals surface area contributed by atoms with Gasteiger partial charge < -0.3 is 10.4 Å². The zero-order chi connectivity index (χ0) is 20.8. The lowest BCUT2D eigenvalue weighted by molar-refractivity contribution is -0.137. The van der Waals surface area contributed by atoms with Crippen LogP contribution in [-0.4, -0.2) is 47.8 Å². The molecule has 0 bridgehead atoms. The van der Waals surface area contributed by atoms with Gasteiger partial charge in [-0.3, -0.25) is 9.78 Å². The summed E-state index contributed by atoms with van der Waals surface area (Å²) >= 11 is 0. The van der Waals surface area contributed by atoms with Crippen LogP contribution in [0.4, 0.5) is 5.82 Å². The van der Waals surface area contributed by atoms with Gasteiger partial charge in [0.2, 0.25) is 0 Å². The highest BCUT2D eigenvalue weighted by atomic mass is 16.4. The standard InChI is InChI=1S/C21H25N7O2/c29-20(30)13-17(16-5-1-9-22-14-16)12-19-25-27-28(26-19)11-3-6-18-8-7-15-4-2-10-23-21(15)24-18/h1,5,7-9,14,17H,2-4,6,10-13H2,(H,23,24)(H,29,30). The third kappa shape index (κ3) is 5.16. The highest BCUT2D eigenvalue weighted by molar-refractivity contribution is 5.68. The van der Waals surface area contributed by atoms with Crippen LogP contribution >= 0.6 is 0 Å². The molecule has 0 radical (unpaired) electrons. The molecule has 0 fully saturated rings. The van der Waals surface area contributed by atoms with Crippen molar-refractivity contribution in [1.29, 1.82) is 0 Å². The SMILES string of the molecule is O=C(O)CC(Cc1nnn(CCCc2ccc3c(n2)NCCC3)n1)c1cccnc1. The summed E-state index contributed by atoms with van der Waals surface area (Å²) in [7, 11) is 0. The minimum atomic E-state index is -0.858. The van der Waals surface area contributed by atoms with Gasteiger partial charge in [0, 0.05) is 37.0 Å². The van der Waals surface area contributed by atoms with E-state index >= 15 is 0 Å². The molecule has 1 aliphatic heterocycles. The van der Waals surface area contributed by atoms with Crippen LogP contribution < -0.4 is 5.32 Å². The van der Waals surface area contributed by atoms with Crippen molar-refractivity contribution >= 4 is 11.8 Å². The Kier molecular flexibility index (Phi) is 6.26. The van der Waals surface area contributed by atoms with Crippen molar-refractivity contribution in [2.75, 3.05) is 11.9 Å². The average molecular weight is 407 g/mol. The number of rotatable bonds is 9. The molecule has 0 aromatic carbocycles. The van der Waals surface area contributed by atoms with Crippen LogP contribution in [0.5, 0.6) is 0 Å². The fourth-order valence-electron chi connectivity index (χ4n) is 3.72. The van der Waals surface area contributed by atoms with Crippen LogP contribution in [0.3, 0.4) is 0 Å². The molecule has 2 N–H and O–H groups in total. The van der Waals surface area contributed by atoms with Crippen LogP contribution in [0.15, 0.2) is 36.7 Å². The Labute approximate surface area is 174 Å². The maximum Gasteiger partial charge on any atom is 0.303 e. The highest BCUT2D eigenvalue weighted by Crippen LogP contribution is 2.22. The van der Waals surface area contributed by atoms with E-state index in [4.69, 9.17) is 4.98 Å². The molecule has 0 spiro atoms. The molecule has 1 atom stereocenters. The van der Waals surface area contributed by atoms with E-state index < -0.39 is 5.97 Å². The molecule has 0 amide bonds. The molecule has 9 nitrogen and oxygen atoms in total. The summed E-state index contributed by atoms with van der Waals surface area (Å²) in [6, 6.07) is 7.94. The number of pyridine rings is 2. The van der Waals surface area contributed by atoms with E-state index in [0.717, 1.165) is 49.3 Å². The Balaban J connectivity index is 1.33. The van der Waals surface area contributed by atoms with Crippen molar-refractivity contribution in [2.45, 2.75) is 51.0 Å². The van der Waals surface area contributed by atoms with Crippen molar-refractivity contribution < 1.29 is 9.90 Å². The van der Waals surface area contributed by atoms with Crippen LogP contribution in [-0.2, 0) is 30.6 Å². The van der Waals surface area contributed by atoms with E-state index in [1.165, 1.54) is 5.56 Å². The van der Waals surface area contributed by atoms with Gasteiger partial charge in [0.05, 0.1) is 13.0 Å². The number of fused-ring (bicyclic) bond motifs is 1. The van der Waals surface area contributed by atoms with Crippen LogP contribution in [0.25, 0.3) is 0 Å². The number of aromatic nitrogens is 6. The first-order valence-electron chi connectivity index (χ1n) is 10.3. The number of aryl methyl sites for hydroxylation is 3. The van der Waals surface area contributed by atoms with Crippen LogP contribution in [0.1, 0.15) is 47.8 Å². The van der Waals surface area contributed by atoms with E-state index in [1.807, 2.05) is 6.07 Å². The first-order chi connectivity index (χ1) is 14.7. The molecular weight excluding hydrogens is 382 g/mol. The van der Waals surface area contributed by atoms with Gasteiger partial charge in [0.25, 0.3) is 0 Å². The first kappa shape index (κ1) is 19.9. The number of nitrogens with zero attached hydrogens (tertiary/aromatic N) is 6. The Morgan fingerprint density at radius 3 is 3.07 bits per heavy atom. The lowest BCUT2D eigenvalue weighted by Crippen LogP contribution is -2.14. The van der Waals surface area contributed by atoms with Gasteiger partial charge in [-0.05, 0) is 54.2 Å². The van der Waals surface area contributed by atoms with Gasteiger partial charge in [-0.2, -0.15) is 4.80 Å². The largest absolute Gasteiger partial charge is 0.481 e. The molecule has 0 saturated carbocycles. The number of carboxylic acids is 1. The van der Waals surface area contributed by atoms with Gasteiger partial charge in [-0.1, -0.05) is 12.1 Å². The Bertz CT molecular complexity index is 990. The average Bonchev–Trinajstić information content (AvgIpc) is 3.21. The normalized spacial score (nSPS) is 14.0. The fraction of sp³-hybridized carbons (Fsp3) is 0.429. The van der Waals surface area contributed by atoms with Crippen LogP contribution in [0, 0.1) is 0 Å². The topological polar surface area (TPSA) is 119 Å². The van der Waals surface area contributed by atoms with E-state index in [-0.39, 0.29) is 12.3 Å². The molecule has 4 heterocycles. The molecule has 156 valence electrons. The van der Waals surface area contributed by atoms with Crippen molar-refractivity contribution in [3.05, 3.63) is 59.3 Å². The second-order valence-electron chi connectivity index (χ2n) is 7.53. The predicted octanol–water partition coefficient (Wildman–Crippen LogP) is 2.25. The zero-order valence-electron chi connectivity index (χ0n) is 16.7. The van der Waals surface area contributed by atoms with Crippen molar-refractivity contribution in [2.24, 2.45) is 0 Å². The van der Waals surface area contributed by atoms with Gasteiger partial charge in [0.1, 0.15) is 5.82 Å². The van der Waals surface area contributed by atoms with E-state index in [0.29, 0.717) is 18.8 Å². The molecule has 0 aliphatic carbocycles. The van der Waals surface area contributed by atoms with Gasteiger partial charge in [0.15, 0.2) is 5.82 Å². The smallest absolute Gasteiger partial charge is 0.303 e. The minimum absolute atomic E-state index is 0.00172. The molecule has 1 aliphatic rings. The van der Waals surface area contributed by atoms with E-state index in [2.05, 4.69) is 37.8 Å². The number of anilines is 1. The summed E-state index contributed by atoms with van der Waals surface area (Å²) < 4.78 is 0. The van der Waals surface area contributed by atoms with Crippen molar-refractivity contribution in [1.82, 2.24) is 30.2 Å². The van der Waals surface area contributed by atoms with Gasteiger partial charge in [-0.25, -0.2) is 4.98 Å². The summed E-state index contributed by atoms with van der Waals surface area (Å²) in [6.45, 7) is 1.62. The third-order valence-corrected chi connectivity index (χ3v) is 5.24. The second kappa shape index (κ2) is 9.43. The number of hydrogen-bond acceptors (Lipinski definition) is 7. The number of carboxylic acid groups (broad SMARTS) is 1. The first-order valence-corrected chi connectivity index (χ1v) is 10.3. The van der Waals surface area contributed by atoms with Gasteiger partial charge in [-0.15, -0.1) is 10.2 Å². The highest BCUT2D eigenvalue weighted by Gasteiger charge is 2.19. The number of aliphatic carboxylic acids is 1. The molecule has 9 heteroatoms. The zero-order valence-corrected chi connectivity index (χ0v) is 16.7. The maximum absolute atomic E-state index is 11.3. The molecule has 1 unspecified atom stereocenters. The van der Waals surface area contributed by atoms with Crippen molar-refractivity contribution in [3.8, 4) is 0 Å². The molecule has 3 aromatic rings. The molecule has 30 heavy (non-hydrogen) atoms. The van der Waals surface area contributed by atoms with Crippen LogP contribution in [0.2, 0.25) is 0 Å². The summed E-state index contributed by atoms with van der Waals surface area (Å²) in [6.07, 6.45) is 7.70. The molecule has 3 aromatic heterocycles. The third-order valence-electron chi connectivity index (χ3n) is 5.24. The van der Waals surface area contributed by atoms with E-state index in [1.54, 1.807) is 23.3 Å². The minimum Gasteiger partial charge on any atom is -0.481 e. The summed E-state index contributed by atoms with van der Waals surface area (Å²) in [5, 5.41) is 25.3. The maximum atomic E-state index is 11.3. The van der Waals surface area contributed by atoms with Gasteiger partial charge >= 0.3 is 5.97 Å². The fourth-order valence-corrected chi connectivity index (χ4v) is 3.72. The Hall–Kier alpha value is -3.36. The van der Waals surface area contributed by atoms with Crippen molar-refractivity contribution in [3.63, 3.8) is 0 Å². The quantitative estimate of drug-likeness (QED) is 0.554. The summed E-state index contributed by atoms with van der Waals surface area (Å²) in [4.78, 5) is 21.6. The summed E-state index contributed by atoms with van der Waals surface area (Å²) in [5.41, 5.74) is 3.21. The molecular formula is C21H25N7O2. The predicted molar refractivity (Wildman–Crippen MR) is 110 cm³/mol. The van der Waals surface area contributed by atoms with E-state index in [9.17, 15) is 9.90 Å². The number of nitrogens with one attached hydrogen (secondary N) is 1. The second-order valence-corrected chi connectivity index (χ2v) is 7.53. The Morgan fingerprint density at radius 2 is 2.23 bits per heavy atom. The molecule has 4 rings (SSSR count). The number of hydrogen-bond donors (Lipinski definition) is 2. The number of tetrazole rings is 1. The Morgan fingerprint density at radius 1 is 1.30 bits per heavy atom. The summed E-state index contributed by atoms with van der Waals surface area (Å²) in [5.74, 6) is 0.463. The molecule has 0 saturated heterocycles. The monoisotopic (exact) mass is 407 g/mol. The lowest BCUT2D eigenvalue weighted by Gasteiger charge is -2.17.